The minimum absolute atomic E-state index is 0.0129. The Hall–Kier alpha value is -4.52. The van der Waals surface area contributed by atoms with E-state index in [0.717, 1.165) is 49.9 Å². The number of aromatic amines is 2. The fraction of sp³-hybridized carbons (Fsp3) is 0.226. The van der Waals surface area contributed by atoms with Crippen molar-refractivity contribution in [2.45, 2.75) is 24.9 Å². The third-order valence-corrected chi connectivity index (χ3v) is 8.10. The second-order valence-corrected chi connectivity index (χ2v) is 10.1. The lowest BCUT2D eigenvalue weighted by molar-refractivity contribution is -0.158. The zero-order valence-corrected chi connectivity index (χ0v) is 21.1. The SMILES string of the molecule is COc1ccc(C2c3[nH]c4ccccc4c3C[C@H]3C(=O)N(CCc4c[nH]c5ccccc45)CC(=O)N23)cc1. The molecule has 2 aliphatic heterocycles. The smallest absolute Gasteiger partial charge is 0.246 e. The Morgan fingerprint density at radius 2 is 1.66 bits per heavy atom. The molecule has 2 atom stereocenters. The molecule has 3 aromatic carbocycles. The number of benzene rings is 3. The van der Waals surface area contributed by atoms with Crippen LogP contribution in [0.5, 0.6) is 5.75 Å². The average Bonchev–Trinajstić information content (AvgIpc) is 3.54. The second kappa shape index (κ2) is 8.80. The van der Waals surface area contributed by atoms with Crippen molar-refractivity contribution in [3.8, 4) is 5.75 Å². The number of para-hydroxylation sites is 2. The van der Waals surface area contributed by atoms with Crippen LogP contribution in [-0.4, -0.2) is 57.8 Å². The van der Waals surface area contributed by atoms with Gasteiger partial charge in [0.25, 0.3) is 0 Å². The molecular formula is C31H28N4O3. The number of amides is 2. The van der Waals surface area contributed by atoms with Gasteiger partial charge in [0, 0.05) is 46.7 Å². The topological polar surface area (TPSA) is 81.4 Å². The van der Waals surface area contributed by atoms with Crippen LogP contribution in [0.25, 0.3) is 21.8 Å². The third kappa shape index (κ3) is 3.49. The molecule has 2 N–H and O–H groups in total. The van der Waals surface area contributed by atoms with Gasteiger partial charge in [-0.15, -0.1) is 0 Å². The van der Waals surface area contributed by atoms with E-state index >= 15 is 0 Å². The van der Waals surface area contributed by atoms with E-state index in [0.29, 0.717) is 19.4 Å². The Labute approximate surface area is 220 Å². The first kappa shape index (κ1) is 22.7. The lowest BCUT2D eigenvalue weighted by Crippen LogP contribution is -2.63. The molecule has 2 amide bonds. The summed E-state index contributed by atoms with van der Waals surface area (Å²) in [7, 11) is 1.64. The highest BCUT2D eigenvalue weighted by molar-refractivity contribution is 5.97. The van der Waals surface area contributed by atoms with Crippen molar-refractivity contribution in [1.29, 1.82) is 0 Å². The largest absolute Gasteiger partial charge is 0.497 e. The maximum atomic E-state index is 14.0. The molecule has 2 aliphatic rings. The van der Waals surface area contributed by atoms with Crippen LogP contribution in [0.1, 0.15) is 28.4 Å². The van der Waals surface area contributed by atoms with E-state index in [9.17, 15) is 9.59 Å². The molecule has 1 saturated heterocycles. The Kier molecular flexibility index (Phi) is 5.25. The first-order valence-corrected chi connectivity index (χ1v) is 13.0. The van der Waals surface area contributed by atoms with Crippen molar-refractivity contribution in [1.82, 2.24) is 19.8 Å². The van der Waals surface area contributed by atoms with Crippen LogP contribution in [0.2, 0.25) is 0 Å². The highest BCUT2D eigenvalue weighted by atomic mass is 16.5. The number of hydrogen-bond donors (Lipinski definition) is 2. The quantitative estimate of drug-likeness (QED) is 0.368. The predicted octanol–water partition coefficient (Wildman–Crippen LogP) is 4.59. The molecule has 1 fully saturated rings. The van der Waals surface area contributed by atoms with E-state index in [1.165, 1.54) is 0 Å². The number of nitrogens with one attached hydrogen (secondary N) is 2. The molecule has 7 rings (SSSR count). The maximum absolute atomic E-state index is 14.0. The van der Waals surface area contributed by atoms with Gasteiger partial charge in [0.2, 0.25) is 11.8 Å². The van der Waals surface area contributed by atoms with E-state index in [1.807, 2.05) is 65.7 Å². The van der Waals surface area contributed by atoms with Crippen molar-refractivity contribution in [3.63, 3.8) is 0 Å². The fourth-order valence-electron chi connectivity index (χ4n) is 6.24. The van der Waals surface area contributed by atoms with Crippen LogP contribution in [0.4, 0.5) is 0 Å². The molecule has 0 spiro atoms. The van der Waals surface area contributed by atoms with Gasteiger partial charge in [-0.25, -0.2) is 0 Å². The number of hydrogen-bond acceptors (Lipinski definition) is 3. The van der Waals surface area contributed by atoms with Crippen LogP contribution in [0.15, 0.2) is 79.0 Å². The summed E-state index contributed by atoms with van der Waals surface area (Å²) in [6.45, 7) is 0.588. The Balaban J connectivity index is 1.25. The maximum Gasteiger partial charge on any atom is 0.246 e. The molecule has 190 valence electrons. The number of fused-ring (bicyclic) bond motifs is 5. The van der Waals surface area contributed by atoms with Crippen molar-refractivity contribution in [2.75, 3.05) is 20.2 Å². The van der Waals surface area contributed by atoms with Gasteiger partial charge >= 0.3 is 0 Å². The van der Waals surface area contributed by atoms with Gasteiger partial charge in [-0.3, -0.25) is 9.59 Å². The van der Waals surface area contributed by atoms with Crippen molar-refractivity contribution in [2.24, 2.45) is 0 Å². The number of H-pyrrole nitrogens is 2. The van der Waals surface area contributed by atoms with Gasteiger partial charge in [0.05, 0.1) is 19.7 Å². The first-order valence-electron chi connectivity index (χ1n) is 13.0. The van der Waals surface area contributed by atoms with Crippen LogP contribution >= 0.6 is 0 Å². The number of carbonyl (C=O) groups is 2. The summed E-state index contributed by atoms with van der Waals surface area (Å²) < 4.78 is 5.37. The Bertz CT molecular complexity index is 1680. The summed E-state index contributed by atoms with van der Waals surface area (Å²) in [4.78, 5) is 38.2. The fourth-order valence-corrected chi connectivity index (χ4v) is 6.24. The van der Waals surface area contributed by atoms with Gasteiger partial charge in [-0.2, -0.15) is 0 Å². The summed E-state index contributed by atoms with van der Waals surface area (Å²) >= 11 is 0. The van der Waals surface area contributed by atoms with Gasteiger partial charge in [0.1, 0.15) is 11.8 Å². The second-order valence-electron chi connectivity index (χ2n) is 10.1. The summed E-state index contributed by atoms with van der Waals surface area (Å²) in [6, 6.07) is 23.2. The van der Waals surface area contributed by atoms with Gasteiger partial charge in [0.15, 0.2) is 0 Å². The van der Waals surface area contributed by atoms with E-state index < -0.39 is 6.04 Å². The minimum Gasteiger partial charge on any atom is -0.497 e. The molecule has 7 heteroatoms. The molecule has 0 radical (unpaired) electrons. The highest BCUT2D eigenvalue weighted by Crippen LogP contribution is 2.42. The van der Waals surface area contributed by atoms with E-state index in [1.54, 1.807) is 12.0 Å². The Morgan fingerprint density at radius 1 is 0.921 bits per heavy atom. The number of rotatable bonds is 5. The Morgan fingerprint density at radius 3 is 2.45 bits per heavy atom. The van der Waals surface area contributed by atoms with Crippen molar-refractivity contribution < 1.29 is 14.3 Å². The zero-order chi connectivity index (χ0) is 25.8. The molecular weight excluding hydrogens is 476 g/mol. The average molecular weight is 505 g/mol. The molecule has 1 unspecified atom stereocenters. The number of methoxy groups -OCH3 is 1. The van der Waals surface area contributed by atoms with Crippen LogP contribution in [0, 0.1) is 0 Å². The van der Waals surface area contributed by atoms with E-state index in [4.69, 9.17) is 4.74 Å². The summed E-state index contributed by atoms with van der Waals surface area (Å²) in [5, 5.41) is 2.27. The lowest BCUT2D eigenvalue weighted by Gasteiger charge is -2.47. The molecule has 7 nitrogen and oxygen atoms in total. The molecule has 0 aliphatic carbocycles. The van der Waals surface area contributed by atoms with Crippen molar-refractivity contribution in [3.05, 3.63) is 101 Å². The minimum atomic E-state index is -0.543. The zero-order valence-electron chi connectivity index (χ0n) is 21.1. The van der Waals surface area contributed by atoms with Crippen LogP contribution in [0.3, 0.4) is 0 Å². The highest BCUT2D eigenvalue weighted by Gasteiger charge is 2.48. The number of nitrogens with zero attached hydrogens (tertiary/aromatic N) is 2. The number of carbonyl (C=O) groups excluding carboxylic acids is 2. The summed E-state index contributed by atoms with van der Waals surface area (Å²) in [6.07, 6.45) is 3.20. The lowest BCUT2D eigenvalue weighted by atomic mass is 9.86. The molecule has 5 aromatic rings. The van der Waals surface area contributed by atoms with Gasteiger partial charge in [-0.1, -0.05) is 48.5 Å². The number of ether oxygens (including phenoxy) is 1. The standard InChI is InChI=1S/C31H28N4O3/c1-38-21-12-10-19(11-13-21)30-29-24(23-7-3-5-9-26(23)33-29)16-27-31(37)34(18-28(36)35(27)30)15-14-20-17-32-25-8-4-2-6-22(20)25/h2-13,17,27,30,32-33H,14-16,18H2,1H3/t27-,30?/m0/s1. The molecule has 0 bridgehead atoms. The van der Waals surface area contributed by atoms with Crippen LogP contribution in [-0.2, 0) is 22.4 Å². The van der Waals surface area contributed by atoms with E-state index in [2.05, 4.69) is 28.2 Å². The first-order chi connectivity index (χ1) is 18.6. The number of piperazine rings is 1. The van der Waals surface area contributed by atoms with Gasteiger partial charge < -0.3 is 24.5 Å². The van der Waals surface area contributed by atoms with Gasteiger partial charge in [-0.05, 0) is 47.4 Å². The molecule has 2 aromatic heterocycles. The predicted molar refractivity (Wildman–Crippen MR) is 146 cm³/mol. The molecule has 38 heavy (non-hydrogen) atoms. The molecule has 0 saturated carbocycles. The number of aromatic nitrogens is 2. The summed E-state index contributed by atoms with van der Waals surface area (Å²) in [5.74, 6) is 0.736. The normalized spacial score (nSPS) is 19.2. The van der Waals surface area contributed by atoms with E-state index in [-0.39, 0.29) is 24.4 Å². The third-order valence-electron chi connectivity index (χ3n) is 8.10. The molecule has 4 heterocycles. The van der Waals surface area contributed by atoms with Crippen molar-refractivity contribution >= 4 is 33.6 Å². The van der Waals surface area contributed by atoms with Crippen LogP contribution < -0.4 is 4.74 Å². The monoisotopic (exact) mass is 504 g/mol. The summed E-state index contributed by atoms with van der Waals surface area (Å²) in [5.41, 5.74) is 6.31.